The van der Waals surface area contributed by atoms with Gasteiger partial charge < -0.3 is 10.4 Å². The van der Waals surface area contributed by atoms with Gasteiger partial charge in [0, 0.05) is 11.9 Å². The van der Waals surface area contributed by atoms with Crippen molar-refractivity contribution in [3.8, 4) is 6.07 Å². The van der Waals surface area contributed by atoms with Gasteiger partial charge in [0.15, 0.2) is 0 Å². The maximum Gasteiger partial charge on any atom is 0.339 e. The van der Waals surface area contributed by atoms with Gasteiger partial charge in [0.05, 0.1) is 5.69 Å². The van der Waals surface area contributed by atoms with Crippen LogP contribution in [-0.2, 0) is 7.05 Å². The van der Waals surface area contributed by atoms with Crippen LogP contribution in [0, 0.1) is 17.1 Å². The van der Waals surface area contributed by atoms with Crippen molar-refractivity contribution in [3.05, 3.63) is 51.6 Å². The molecule has 2 N–H and O–H groups in total. The molecule has 0 saturated carbocycles. The van der Waals surface area contributed by atoms with Crippen LogP contribution in [0.5, 0.6) is 0 Å². The molecule has 0 saturated heterocycles. The molecule has 0 amide bonds. The second-order valence-corrected chi connectivity index (χ2v) is 5.45. The van der Waals surface area contributed by atoms with E-state index < -0.39 is 17.3 Å². The number of carboxylic acids is 1. The maximum absolute atomic E-state index is 14.1. The molecule has 2 rings (SSSR count). The van der Waals surface area contributed by atoms with Gasteiger partial charge in [0.2, 0.25) is 0 Å². The first-order valence-electron chi connectivity index (χ1n) is 6.37. The Morgan fingerprint density at radius 1 is 1.43 bits per heavy atom. The van der Waals surface area contributed by atoms with Crippen LogP contribution in [0.3, 0.4) is 0 Å². The predicted molar refractivity (Wildman–Crippen MR) is 84.8 cm³/mol. The van der Waals surface area contributed by atoms with E-state index in [1.807, 2.05) is 0 Å². The van der Waals surface area contributed by atoms with Gasteiger partial charge in [-0.3, -0.25) is 9.36 Å². The molecule has 0 bridgehead atoms. The summed E-state index contributed by atoms with van der Waals surface area (Å²) < 4.78 is 15.0. The molecular weight excluding hydrogens is 321 g/mol. The second kappa shape index (κ2) is 6.54. The summed E-state index contributed by atoms with van der Waals surface area (Å²) >= 11 is 1.36. The topological polar surface area (TPSA) is 95.1 Å². The Balaban J connectivity index is 2.60. The molecule has 0 radical (unpaired) electrons. The Labute approximate surface area is 135 Å². The number of rotatable bonds is 4. The lowest BCUT2D eigenvalue weighted by molar-refractivity contribution is 0.0697. The number of nitrogens with one attached hydrogen (secondary N) is 1. The number of nitriles is 1. The van der Waals surface area contributed by atoms with Crippen LogP contribution in [0.15, 0.2) is 34.0 Å². The quantitative estimate of drug-likeness (QED) is 0.835. The number of aromatic carboxylic acids is 1. The number of thioether (sulfide) groups is 1. The van der Waals surface area contributed by atoms with Crippen molar-refractivity contribution in [2.24, 2.45) is 7.05 Å². The summed E-state index contributed by atoms with van der Waals surface area (Å²) in [6, 6.07) is 7.04. The number of carboxylic acid groups (broad SMARTS) is 1. The first kappa shape index (κ1) is 16.6. The fourth-order valence-corrected chi connectivity index (χ4v) is 2.41. The molecule has 1 aromatic carbocycles. The van der Waals surface area contributed by atoms with E-state index >= 15 is 0 Å². The number of carbonyl (C=O) groups is 1. The van der Waals surface area contributed by atoms with E-state index in [0.717, 1.165) is 10.6 Å². The molecule has 0 unspecified atom stereocenters. The largest absolute Gasteiger partial charge is 0.478 e. The number of hydrogen-bond donors (Lipinski definition) is 2. The lowest BCUT2D eigenvalue weighted by Gasteiger charge is -2.15. The Morgan fingerprint density at radius 2 is 2.13 bits per heavy atom. The number of halogens is 1. The summed E-state index contributed by atoms with van der Waals surface area (Å²) in [4.78, 5) is 24.1. The lowest BCUT2D eigenvalue weighted by Crippen LogP contribution is -2.25. The van der Waals surface area contributed by atoms with Crippen molar-refractivity contribution in [2.75, 3.05) is 11.6 Å². The van der Waals surface area contributed by atoms with Gasteiger partial charge >= 0.3 is 5.97 Å². The molecule has 0 aliphatic rings. The number of pyridine rings is 1. The third kappa shape index (κ3) is 3.19. The predicted octanol–water partition coefficient (Wildman–Crippen LogP) is 2.56. The molecular formula is C15H12FN3O3S. The van der Waals surface area contributed by atoms with Gasteiger partial charge in [-0.2, -0.15) is 5.26 Å². The average molecular weight is 333 g/mol. The lowest BCUT2D eigenvalue weighted by atomic mass is 10.1. The number of nitrogens with zero attached hydrogens (tertiary/aromatic N) is 2. The molecule has 0 fully saturated rings. The average Bonchev–Trinajstić information content (AvgIpc) is 2.53. The van der Waals surface area contributed by atoms with Crippen LogP contribution in [0.2, 0.25) is 0 Å². The van der Waals surface area contributed by atoms with Gasteiger partial charge in [-0.15, -0.1) is 11.8 Å². The van der Waals surface area contributed by atoms with Crippen molar-refractivity contribution in [2.45, 2.75) is 4.90 Å². The fourth-order valence-electron chi connectivity index (χ4n) is 1.98. The summed E-state index contributed by atoms with van der Waals surface area (Å²) in [6.07, 6.45) is 1.80. The Kier molecular flexibility index (Phi) is 4.71. The summed E-state index contributed by atoms with van der Waals surface area (Å²) in [6.45, 7) is 0. The summed E-state index contributed by atoms with van der Waals surface area (Å²) in [7, 11) is 1.31. The minimum absolute atomic E-state index is 0.0324. The van der Waals surface area contributed by atoms with E-state index in [2.05, 4.69) is 5.32 Å². The Hall–Kier alpha value is -2.79. The minimum Gasteiger partial charge on any atom is -0.478 e. The van der Waals surface area contributed by atoms with E-state index in [4.69, 9.17) is 5.26 Å². The third-order valence-corrected chi connectivity index (χ3v) is 3.92. The first-order valence-corrected chi connectivity index (χ1v) is 7.59. The summed E-state index contributed by atoms with van der Waals surface area (Å²) in [5, 5.41) is 20.8. The molecule has 118 valence electrons. The SMILES string of the molecule is CSc1ccc(Nc2c(C(=O)O)cc(C#N)c(=O)n2C)c(F)c1. The van der Waals surface area contributed by atoms with Crippen molar-refractivity contribution in [1.29, 1.82) is 5.26 Å². The van der Waals surface area contributed by atoms with Crippen molar-refractivity contribution in [3.63, 3.8) is 0 Å². The third-order valence-electron chi connectivity index (χ3n) is 3.19. The number of aromatic nitrogens is 1. The Morgan fingerprint density at radius 3 is 2.65 bits per heavy atom. The highest BCUT2D eigenvalue weighted by Crippen LogP contribution is 2.26. The highest BCUT2D eigenvalue weighted by atomic mass is 32.2. The zero-order valence-corrected chi connectivity index (χ0v) is 13.1. The van der Waals surface area contributed by atoms with Crippen LogP contribution in [0.25, 0.3) is 0 Å². The molecule has 1 heterocycles. The van der Waals surface area contributed by atoms with Gasteiger partial charge in [0.1, 0.15) is 28.8 Å². The number of benzene rings is 1. The molecule has 8 heteroatoms. The first-order chi connectivity index (χ1) is 10.9. The highest BCUT2D eigenvalue weighted by molar-refractivity contribution is 7.98. The molecule has 23 heavy (non-hydrogen) atoms. The van der Waals surface area contributed by atoms with Crippen molar-refractivity contribution >= 4 is 29.2 Å². The standard InChI is InChI=1S/C15H12FN3O3S/c1-19-13(10(15(21)22)5-8(7-17)14(19)20)18-12-4-3-9(23-2)6-11(12)16/h3-6,18H,1-2H3,(H,21,22). The van der Waals surface area contributed by atoms with Crippen molar-refractivity contribution in [1.82, 2.24) is 4.57 Å². The molecule has 0 atom stereocenters. The van der Waals surface area contributed by atoms with Crippen molar-refractivity contribution < 1.29 is 14.3 Å². The van der Waals surface area contributed by atoms with E-state index in [1.54, 1.807) is 18.4 Å². The second-order valence-electron chi connectivity index (χ2n) is 4.57. The van der Waals surface area contributed by atoms with Gasteiger partial charge in [-0.05, 0) is 30.5 Å². The van der Waals surface area contributed by atoms with E-state index in [1.165, 1.54) is 30.9 Å². The van der Waals surface area contributed by atoms with E-state index in [0.29, 0.717) is 4.90 Å². The molecule has 0 aliphatic carbocycles. The van der Waals surface area contributed by atoms with Crippen LogP contribution >= 0.6 is 11.8 Å². The molecule has 1 aromatic heterocycles. The maximum atomic E-state index is 14.1. The monoisotopic (exact) mass is 333 g/mol. The van der Waals surface area contributed by atoms with Gasteiger partial charge in [-0.25, -0.2) is 9.18 Å². The molecule has 2 aromatic rings. The van der Waals surface area contributed by atoms with Gasteiger partial charge in [0.25, 0.3) is 5.56 Å². The molecule has 0 spiro atoms. The zero-order valence-electron chi connectivity index (χ0n) is 12.3. The summed E-state index contributed by atoms with van der Waals surface area (Å²) in [5.41, 5.74) is -1.23. The minimum atomic E-state index is -1.33. The van der Waals surface area contributed by atoms with Crippen LogP contribution in [0.4, 0.5) is 15.9 Å². The van der Waals surface area contributed by atoms with Crippen LogP contribution in [-0.4, -0.2) is 21.9 Å². The van der Waals surface area contributed by atoms with E-state index in [9.17, 15) is 19.1 Å². The Bertz CT molecular complexity index is 887. The normalized spacial score (nSPS) is 10.2. The van der Waals surface area contributed by atoms with Gasteiger partial charge in [-0.1, -0.05) is 0 Å². The molecule has 6 nitrogen and oxygen atoms in total. The van der Waals surface area contributed by atoms with Crippen LogP contribution in [0.1, 0.15) is 15.9 Å². The highest BCUT2D eigenvalue weighted by Gasteiger charge is 2.18. The zero-order chi connectivity index (χ0) is 17.1. The smallest absolute Gasteiger partial charge is 0.339 e. The fraction of sp³-hybridized carbons (Fsp3) is 0.133. The summed E-state index contributed by atoms with van der Waals surface area (Å²) in [5.74, 6) is -2.01. The number of hydrogen-bond acceptors (Lipinski definition) is 5. The van der Waals surface area contributed by atoms with E-state index in [-0.39, 0.29) is 22.6 Å². The number of anilines is 2. The molecule has 0 aliphatic heterocycles. The van der Waals surface area contributed by atoms with Crippen LogP contribution < -0.4 is 10.9 Å².